The van der Waals surface area contributed by atoms with Crippen molar-refractivity contribution in [3.05, 3.63) is 104 Å². The van der Waals surface area contributed by atoms with Gasteiger partial charge < -0.3 is 9.15 Å². The van der Waals surface area contributed by atoms with E-state index in [4.69, 9.17) is 9.15 Å². The summed E-state index contributed by atoms with van der Waals surface area (Å²) in [7, 11) is 0. The molecule has 0 spiro atoms. The molecule has 1 atom stereocenters. The zero-order valence-electron chi connectivity index (χ0n) is 19.7. The fraction of sp³-hybridized carbons (Fsp3) is 0.241. The minimum atomic E-state index is -0.604. The highest BCUT2D eigenvalue weighted by Gasteiger charge is 2.43. The van der Waals surface area contributed by atoms with Crippen LogP contribution in [0.3, 0.4) is 0 Å². The minimum Gasteiger partial charge on any atom is -0.494 e. The van der Waals surface area contributed by atoms with E-state index in [2.05, 4.69) is 22.9 Å². The number of hydrogen-bond donors (Lipinski definition) is 0. The molecule has 1 aliphatic rings. The van der Waals surface area contributed by atoms with E-state index in [9.17, 15) is 9.59 Å². The van der Waals surface area contributed by atoms with Gasteiger partial charge in [0.2, 0.25) is 5.76 Å². The second kappa shape index (κ2) is 9.70. The van der Waals surface area contributed by atoms with Gasteiger partial charge >= 0.3 is 0 Å². The summed E-state index contributed by atoms with van der Waals surface area (Å²) in [6.45, 7) is 4.80. The SMILES string of the molecule is CCCCCOc1ccc(C2c3c(oc4ccc(Br)cc4c3=O)C(=O)N2c2cccc(C)c2)cc1. The number of ether oxygens (including phenoxy) is 1. The second-order valence-electron chi connectivity index (χ2n) is 8.86. The molecule has 1 amide bonds. The van der Waals surface area contributed by atoms with Crippen molar-refractivity contribution in [3.63, 3.8) is 0 Å². The maximum absolute atomic E-state index is 13.7. The number of fused-ring (bicyclic) bond motifs is 2. The van der Waals surface area contributed by atoms with Crippen LogP contribution in [0.1, 0.15) is 59.5 Å². The molecule has 3 aromatic carbocycles. The first kappa shape index (κ1) is 23.4. The summed E-state index contributed by atoms with van der Waals surface area (Å²) < 4.78 is 12.7. The summed E-state index contributed by atoms with van der Waals surface area (Å²) >= 11 is 3.44. The highest BCUT2D eigenvalue weighted by atomic mass is 79.9. The Hall–Kier alpha value is -3.38. The third kappa shape index (κ3) is 4.39. The van der Waals surface area contributed by atoms with Gasteiger partial charge in [0.1, 0.15) is 11.3 Å². The van der Waals surface area contributed by atoms with Gasteiger partial charge in [-0.3, -0.25) is 14.5 Å². The van der Waals surface area contributed by atoms with Crippen LogP contribution in [-0.4, -0.2) is 12.5 Å². The van der Waals surface area contributed by atoms with Crippen LogP contribution < -0.4 is 15.1 Å². The molecule has 0 saturated carbocycles. The van der Waals surface area contributed by atoms with Gasteiger partial charge in [-0.05, 0) is 66.9 Å². The topological polar surface area (TPSA) is 59.8 Å². The number of carbonyl (C=O) groups is 1. The zero-order chi connectivity index (χ0) is 24.5. The summed E-state index contributed by atoms with van der Waals surface area (Å²) in [6, 6.07) is 20.0. The molecule has 0 N–H and O–H groups in total. The van der Waals surface area contributed by atoms with E-state index in [-0.39, 0.29) is 17.1 Å². The number of rotatable bonds is 7. The van der Waals surface area contributed by atoms with Gasteiger partial charge in [0.15, 0.2) is 5.43 Å². The standard InChI is InChI=1S/C29H26BrNO4/c1-3-4-5-15-34-22-12-9-19(10-13-22)26-25-27(32)23-17-20(30)11-14-24(23)35-28(25)29(33)31(26)21-8-6-7-18(2)16-21/h6-14,16-17,26H,3-5,15H2,1-2H3. The van der Waals surface area contributed by atoms with Gasteiger partial charge in [0.25, 0.3) is 5.91 Å². The molecule has 6 heteroatoms. The molecule has 178 valence electrons. The molecule has 1 aromatic heterocycles. The van der Waals surface area contributed by atoms with Crippen LogP contribution in [0.2, 0.25) is 0 Å². The summed E-state index contributed by atoms with van der Waals surface area (Å²) in [5.74, 6) is 0.541. The van der Waals surface area contributed by atoms with Crippen LogP contribution in [0, 0.1) is 6.92 Å². The third-order valence-electron chi connectivity index (χ3n) is 6.32. The summed E-state index contributed by atoms with van der Waals surface area (Å²) in [6.07, 6.45) is 3.28. The van der Waals surface area contributed by atoms with Crippen molar-refractivity contribution < 1.29 is 13.9 Å². The number of halogens is 1. The van der Waals surface area contributed by atoms with Crippen LogP contribution in [-0.2, 0) is 0 Å². The van der Waals surface area contributed by atoms with Crippen molar-refractivity contribution in [2.24, 2.45) is 0 Å². The van der Waals surface area contributed by atoms with E-state index in [0.717, 1.165) is 46.3 Å². The lowest BCUT2D eigenvalue weighted by Gasteiger charge is -2.25. The van der Waals surface area contributed by atoms with Gasteiger partial charge in [-0.25, -0.2) is 0 Å². The Balaban J connectivity index is 1.63. The predicted molar refractivity (Wildman–Crippen MR) is 141 cm³/mol. The van der Waals surface area contributed by atoms with Crippen molar-refractivity contribution in [2.75, 3.05) is 11.5 Å². The molecule has 1 unspecified atom stereocenters. The molecule has 0 aliphatic carbocycles. The summed E-state index contributed by atoms with van der Waals surface area (Å²) in [5, 5.41) is 0.442. The monoisotopic (exact) mass is 531 g/mol. The van der Waals surface area contributed by atoms with E-state index < -0.39 is 6.04 Å². The highest BCUT2D eigenvalue weighted by molar-refractivity contribution is 9.10. The van der Waals surface area contributed by atoms with Crippen LogP contribution in [0.15, 0.2) is 80.4 Å². The lowest BCUT2D eigenvalue weighted by molar-refractivity contribution is 0.0971. The Bertz CT molecular complexity index is 1460. The summed E-state index contributed by atoms with van der Waals surface area (Å²) in [5.41, 5.74) is 3.12. The largest absolute Gasteiger partial charge is 0.494 e. The fourth-order valence-corrected chi connectivity index (χ4v) is 4.95. The quantitative estimate of drug-likeness (QED) is 0.237. The number of carbonyl (C=O) groups excluding carboxylic acids is 1. The van der Waals surface area contributed by atoms with Gasteiger partial charge in [-0.2, -0.15) is 0 Å². The van der Waals surface area contributed by atoms with Crippen molar-refractivity contribution >= 4 is 38.5 Å². The maximum Gasteiger partial charge on any atom is 0.295 e. The van der Waals surface area contributed by atoms with Crippen LogP contribution in [0.4, 0.5) is 5.69 Å². The first-order valence-electron chi connectivity index (χ1n) is 11.9. The molecule has 4 aromatic rings. The predicted octanol–water partition coefficient (Wildman–Crippen LogP) is 7.18. The number of anilines is 1. The lowest BCUT2D eigenvalue weighted by atomic mass is 9.98. The molecule has 35 heavy (non-hydrogen) atoms. The number of benzene rings is 3. The Labute approximate surface area is 212 Å². The normalized spacial score (nSPS) is 15.0. The maximum atomic E-state index is 13.7. The Morgan fingerprint density at radius 2 is 1.80 bits per heavy atom. The minimum absolute atomic E-state index is 0.0937. The van der Waals surface area contributed by atoms with Crippen molar-refractivity contribution in [1.82, 2.24) is 0 Å². The molecule has 5 rings (SSSR count). The molecule has 5 nitrogen and oxygen atoms in total. The number of nitrogens with zero attached hydrogens (tertiary/aromatic N) is 1. The van der Waals surface area contributed by atoms with Gasteiger partial charge in [0, 0.05) is 10.2 Å². The average Bonchev–Trinajstić information content (AvgIpc) is 3.15. The average molecular weight is 532 g/mol. The van der Waals surface area contributed by atoms with E-state index in [0.29, 0.717) is 23.1 Å². The van der Waals surface area contributed by atoms with E-state index in [1.54, 1.807) is 23.1 Å². The fourth-order valence-electron chi connectivity index (χ4n) is 4.59. The van der Waals surface area contributed by atoms with Gasteiger partial charge in [-0.15, -0.1) is 0 Å². The second-order valence-corrected chi connectivity index (χ2v) is 9.77. The van der Waals surface area contributed by atoms with Crippen molar-refractivity contribution in [3.8, 4) is 5.75 Å². The molecule has 0 radical (unpaired) electrons. The van der Waals surface area contributed by atoms with Crippen LogP contribution in [0.25, 0.3) is 11.0 Å². The van der Waals surface area contributed by atoms with Crippen molar-refractivity contribution in [2.45, 2.75) is 39.2 Å². The first-order chi connectivity index (χ1) is 17.0. The molecular weight excluding hydrogens is 506 g/mol. The molecule has 2 heterocycles. The van der Waals surface area contributed by atoms with E-state index in [1.165, 1.54) is 0 Å². The lowest BCUT2D eigenvalue weighted by Crippen LogP contribution is -2.29. The zero-order valence-corrected chi connectivity index (χ0v) is 21.3. The van der Waals surface area contributed by atoms with Gasteiger partial charge in [0.05, 0.1) is 23.6 Å². The number of aryl methyl sites for hydroxylation is 1. The molecule has 0 saturated heterocycles. The smallest absolute Gasteiger partial charge is 0.295 e. The Morgan fingerprint density at radius 3 is 2.54 bits per heavy atom. The number of hydrogen-bond acceptors (Lipinski definition) is 4. The van der Waals surface area contributed by atoms with Crippen LogP contribution >= 0.6 is 15.9 Å². The van der Waals surface area contributed by atoms with E-state index in [1.807, 2.05) is 55.5 Å². The third-order valence-corrected chi connectivity index (χ3v) is 6.82. The molecular formula is C29H26BrNO4. The number of unbranched alkanes of at least 4 members (excludes halogenated alkanes) is 2. The number of amides is 1. The Morgan fingerprint density at radius 1 is 1.00 bits per heavy atom. The molecule has 0 fully saturated rings. The van der Waals surface area contributed by atoms with Crippen molar-refractivity contribution in [1.29, 1.82) is 0 Å². The van der Waals surface area contributed by atoms with Crippen LogP contribution in [0.5, 0.6) is 5.75 Å². The molecule has 1 aliphatic heterocycles. The van der Waals surface area contributed by atoms with E-state index >= 15 is 0 Å². The highest BCUT2D eigenvalue weighted by Crippen LogP contribution is 2.41. The summed E-state index contributed by atoms with van der Waals surface area (Å²) in [4.78, 5) is 29.1. The van der Waals surface area contributed by atoms with Gasteiger partial charge in [-0.1, -0.05) is 60.0 Å². The first-order valence-corrected chi connectivity index (χ1v) is 12.7. The Kier molecular flexibility index (Phi) is 6.48. The molecule has 0 bridgehead atoms.